The van der Waals surface area contributed by atoms with Crippen molar-refractivity contribution in [3.63, 3.8) is 0 Å². The van der Waals surface area contributed by atoms with Crippen LogP contribution in [0, 0.1) is 0 Å². The van der Waals surface area contributed by atoms with Crippen molar-refractivity contribution in [2.45, 2.75) is 25.3 Å². The molecule has 0 spiro atoms. The van der Waals surface area contributed by atoms with Crippen molar-refractivity contribution in [1.82, 2.24) is 30.0 Å². The molecule has 0 bridgehead atoms. The maximum atomic E-state index is 12.4. The van der Waals surface area contributed by atoms with E-state index in [4.69, 9.17) is 0 Å². The number of aromatic nitrogens is 6. The van der Waals surface area contributed by atoms with Gasteiger partial charge in [0.25, 0.3) is 0 Å². The Morgan fingerprint density at radius 1 is 1.07 bits per heavy atom. The summed E-state index contributed by atoms with van der Waals surface area (Å²) in [5.74, 6) is 0.673. The summed E-state index contributed by atoms with van der Waals surface area (Å²) in [6, 6.07) is 17.8. The van der Waals surface area contributed by atoms with Gasteiger partial charge in [-0.2, -0.15) is 5.10 Å². The minimum atomic E-state index is -0.0897. The van der Waals surface area contributed by atoms with Gasteiger partial charge >= 0.3 is 0 Å². The summed E-state index contributed by atoms with van der Waals surface area (Å²) < 4.78 is 3.64. The van der Waals surface area contributed by atoms with Crippen LogP contribution in [0.25, 0.3) is 17.1 Å². The number of carbonyl (C=O) groups excluding carboxylic acids is 1. The number of tetrazole rings is 1. The molecule has 1 fully saturated rings. The minimum Gasteiger partial charge on any atom is -0.326 e. The number of amides is 1. The largest absolute Gasteiger partial charge is 0.326 e. The number of hydrogen-bond donors (Lipinski definition) is 1. The predicted octanol–water partition coefficient (Wildman–Crippen LogP) is 3.04. The fraction of sp³-hybridized carbons (Fsp3) is 0.190. The van der Waals surface area contributed by atoms with E-state index in [2.05, 4.69) is 25.9 Å². The lowest BCUT2D eigenvalue weighted by Gasteiger charge is -2.06. The molecule has 1 saturated carbocycles. The van der Waals surface area contributed by atoms with Crippen LogP contribution in [0.1, 0.15) is 24.4 Å². The molecule has 1 aliphatic rings. The van der Waals surface area contributed by atoms with Crippen LogP contribution in [-0.2, 0) is 11.2 Å². The molecule has 8 heteroatoms. The maximum absolute atomic E-state index is 12.4. The topological polar surface area (TPSA) is 90.5 Å². The molecule has 2 aromatic heterocycles. The molecule has 1 amide bonds. The molecule has 0 atom stereocenters. The molecule has 4 aromatic rings. The van der Waals surface area contributed by atoms with Crippen LogP contribution in [0.2, 0.25) is 0 Å². The van der Waals surface area contributed by atoms with Gasteiger partial charge in [-0.3, -0.25) is 4.79 Å². The zero-order valence-electron chi connectivity index (χ0n) is 15.6. The summed E-state index contributed by atoms with van der Waals surface area (Å²) >= 11 is 0. The van der Waals surface area contributed by atoms with Gasteiger partial charge < -0.3 is 5.32 Å². The minimum absolute atomic E-state index is 0.0897. The number of rotatable bonds is 6. The van der Waals surface area contributed by atoms with Crippen molar-refractivity contribution in [2.75, 3.05) is 5.32 Å². The van der Waals surface area contributed by atoms with Crippen LogP contribution >= 0.6 is 0 Å². The van der Waals surface area contributed by atoms with Crippen LogP contribution < -0.4 is 5.32 Å². The SMILES string of the molecule is O=C(Cc1cnn(-c2ccccc2)c1)Nc1ccc(-c2nnnn2C2CC2)cc1. The molecule has 2 heterocycles. The van der Waals surface area contributed by atoms with E-state index in [-0.39, 0.29) is 12.3 Å². The molecule has 0 aliphatic heterocycles. The molecule has 1 aliphatic carbocycles. The Morgan fingerprint density at radius 3 is 2.62 bits per heavy atom. The molecule has 144 valence electrons. The van der Waals surface area contributed by atoms with E-state index >= 15 is 0 Å². The van der Waals surface area contributed by atoms with Gasteiger partial charge in [0.1, 0.15) is 0 Å². The van der Waals surface area contributed by atoms with E-state index < -0.39 is 0 Å². The van der Waals surface area contributed by atoms with E-state index in [0.717, 1.165) is 41.2 Å². The molecule has 0 saturated heterocycles. The number of nitrogens with zero attached hydrogens (tertiary/aromatic N) is 6. The highest BCUT2D eigenvalue weighted by Crippen LogP contribution is 2.36. The van der Waals surface area contributed by atoms with E-state index in [1.807, 2.05) is 65.5 Å². The third kappa shape index (κ3) is 3.77. The van der Waals surface area contributed by atoms with Gasteiger partial charge in [-0.1, -0.05) is 18.2 Å². The van der Waals surface area contributed by atoms with Crippen LogP contribution in [0.15, 0.2) is 67.0 Å². The highest BCUT2D eigenvalue weighted by molar-refractivity contribution is 5.92. The summed E-state index contributed by atoms with van der Waals surface area (Å²) in [5, 5.41) is 19.2. The molecule has 2 aromatic carbocycles. The van der Waals surface area contributed by atoms with Crippen LogP contribution in [0.3, 0.4) is 0 Å². The Kier molecular flexibility index (Phi) is 4.36. The van der Waals surface area contributed by atoms with Crippen molar-refractivity contribution in [1.29, 1.82) is 0 Å². The van der Waals surface area contributed by atoms with Gasteiger partial charge in [0, 0.05) is 17.4 Å². The highest BCUT2D eigenvalue weighted by atomic mass is 16.1. The fourth-order valence-corrected chi connectivity index (χ4v) is 3.22. The third-order valence-electron chi connectivity index (χ3n) is 4.83. The summed E-state index contributed by atoms with van der Waals surface area (Å²) in [6.45, 7) is 0. The Hall–Kier alpha value is -3.81. The Bertz CT molecular complexity index is 1130. The van der Waals surface area contributed by atoms with Crippen molar-refractivity contribution in [2.24, 2.45) is 0 Å². The quantitative estimate of drug-likeness (QED) is 0.551. The summed E-state index contributed by atoms with van der Waals surface area (Å²) in [7, 11) is 0. The summed E-state index contributed by atoms with van der Waals surface area (Å²) in [4.78, 5) is 12.4. The first-order chi connectivity index (χ1) is 14.3. The number of nitrogens with one attached hydrogen (secondary N) is 1. The van der Waals surface area contributed by atoms with Gasteiger partial charge in [0.2, 0.25) is 5.91 Å². The van der Waals surface area contributed by atoms with Crippen molar-refractivity contribution in [3.8, 4) is 17.1 Å². The Labute approximate surface area is 167 Å². The van der Waals surface area contributed by atoms with Gasteiger partial charge in [0.15, 0.2) is 5.82 Å². The van der Waals surface area contributed by atoms with E-state index in [9.17, 15) is 4.79 Å². The second kappa shape index (κ2) is 7.31. The van der Waals surface area contributed by atoms with Crippen LogP contribution in [-0.4, -0.2) is 35.9 Å². The molecular weight excluding hydrogens is 366 g/mol. The first-order valence-electron chi connectivity index (χ1n) is 9.53. The molecule has 8 nitrogen and oxygen atoms in total. The van der Waals surface area contributed by atoms with E-state index in [1.165, 1.54) is 0 Å². The molecule has 1 N–H and O–H groups in total. The Morgan fingerprint density at radius 2 is 1.86 bits per heavy atom. The zero-order valence-corrected chi connectivity index (χ0v) is 15.6. The van der Waals surface area contributed by atoms with E-state index in [1.54, 1.807) is 10.9 Å². The molecule has 0 radical (unpaired) electrons. The lowest BCUT2D eigenvalue weighted by molar-refractivity contribution is -0.115. The first-order valence-corrected chi connectivity index (χ1v) is 9.53. The number of anilines is 1. The van der Waals surface area contributed by atoms with Crippen molar-refractivity contribution in [3.05, 3.63) is 72.6 Å². The smallest absolute Gasteiger partial charge is 0.228 e. The molecule has 5 rings (SSSR count). The monoisotopic (exact) mass is 385 g/mol. The normalized spacial score (nSPS) is 13.4. The standard InChI is InChI=1S/C21H19N7O/c29-20(12-15-13-22-27(14-15)18-4-2-1-3-5-18)23-17-8-6-16(7-9-17)21-24-25-26-28(21)19-10-11-19/h1-9,13-14,19H,10-12H2,(H,23,29). The Balaban J connectivity index is 1.23. The van der Waals surface area contributed by atoms with Gasteiger partial charge in [-0.25, -0.2) is 9.36 Å². The summed E-state index contributed by atoms with van der Waals surface area (Å²) in [6.07, 6.45) is 6.08. The second-order valence-electron chi connectivity index (χ2n) is 7.11. The predicted molar refractivity (Wildman–Crippen MR) is 107 cm³/mol. The lowest BCUT2D eigenvalue weighted by Crippen LogP contribution is -2.14. The number of para-hydroxylation sites is 1. The van der Waals surface area contributed by atoms with E-state index in [0.29, 0.717) is 6.04 Å². The first kappa shape index (κ1) is 17.3. The highest BCUT2D eigenvalue weighted by Gasteiger charge is 2.28. The second-order valence-corrected chi connectivity index (χ2v) is 7.11. The molecule has 29 heavy (non-hydrogen) atoms. The van der Waals surface area contributed by atoms with Crippen LogP contribution in [0.5, 0.6) is 0 Å². The van der Waals surface area contributed by atoms with Gasteiger partial charge in [0.05, 0.1) is 24.3 Å². The number of carbonyl (C=O) groups is 1. The van der Waals surface area contributed by atoms with Crippen molar-refractivity contribution >= 4 is 11.6 Å². The third-order valence-corrected chi connectivity index (χ3v) is 4.83. The molecular formula is C21H19N7O. The van der Waals surface area contributed by atoms with Crippen LogP contribution in [0.4, 0.5) is 5.69 Å². The number of benzene rings is 2. The fourth-order valence-electron chi connectivity index (χ4n) is 3.22. The number of hydrogen-bond acceptors (Lipinski definition) is 5. The zero-order chi connectivity index (χ0) is 19.6. The molecule has 0 unspecified atom stereocenters. The van der Waals surface area contributed by atoms with Crippen molar-refractivity contribution < 1.29 is 4.79 Å². The van der Waals surface area contributed by atoms with Gasteiger partial charge in [-0.15, -0.1) is 5.10 Å². The average molecular weight is 385 g/mol. The maximum Gasteiger partial charge on any atom is 0.228 e. The summed E-state index contributed by atoms with van der Waals surface area (Å²) in [5.41, 5.74) is 3.48. The lowest BCUT2D eigenvalue weighted by atomic mass is 10.2. The van der Waals surface area contributed by atoms with Gasteiger partial charge in [-0.05, 0) is 65.2 Å². The average Bonchev–Trinajstić information content (AvgIpc) is 3.29.